The first-order valence-electron chi connectivity index (χ1n) is 6.43. The number of benzene rings is 1. The van der Waals surface area contributed by atoms with Crippen LogP contribution in [0.1, 0.15) is 35.1 Å². The molecule has 3 N–H and O–H groups in total. The fourth-order valence-corrected chi connectivity index (χ4v) is 2.97. The first-order valence-corrected chi connectivity index (χ1v) is 6.81. The Bertz CT molecular complexity index is 585. The molecule has 0 saturated heterocycles. The standard InChI is InChI=1S/C15H16ClN3/c16-15-9-11(5-6-18-15)14(19-17)8-12-7-10-3-1-2-4-13(10)12/h1-6,9,12,14,19H,7-8,17H2. The van der Waals surface area contributed by atoms with Gasteiger partial charge >= 0.3 is 0 Å². The summed E-state index contributed by atoms with van der Waals surface area (Å²) >= 11 is 5.93. The van der Waals surface area contributed by atoms with Crippen molar-refractivity contribution in [3.63, 3.8) is 0 Å². The molecule has 2 unspecified atom stereocenters. The molecule has 0 aliphatic heterocycles. The molecule has 4 heteroatoms. The molecule has 0 spiro atoms. The summed E-state index contributed by atoms with van der Waals surface area (Å²) in [5.41, 5.74) is 6.88. The average Bonchev–Trinajstić information content (AvgIpc) is 2.40. The second-order valence-corrected chi connectivity index (χ2v) is 5.35. The van der Waals surface area contributed by atoms with Crippen LogP contribution in [0.2, 0.25) is 5.15 Å². The van der Waals surface area contributed by atoms with Crippen LogP contribution in [0.25, 0.3) is 0 Å². The van der Waals surface area contributed by atoms with E-state index in [0.29, 0.717) is 11.1 Å². The molecule has 1 aliphatic carbocycles. The zero-order valence-corrected chi connectivity index (χ0v) is 11.3. The van der Waals surface area contributed by atoms with Crippen LogP contribution < -0.4 is 11.3 Å². The van der Waals surface area contributed by atoms with Gasteiger partial charge in [0, 0.05) is 12.2 Å². The summed E-state index contributed by atoms with van der Waals surface area (Å²) in [7, 11) is 0. The SMILES string of the molecule is NNC(CC1Cc2ccccc21)c1ccnc(Cl)c1. The monoisotopic (exact) mass is 273 g/mol. The van der Waals surface area contributed by atoms with E-state index in [4.69, 9.17) is 17.4 Å². The van der Waals surface area contributed by atoms with E-state index in [1.165, 1.54) is 11.1 Å². The van der Waals surface area contributed by atoms with E-state index in [1.807, 2.05) is 12.1 Å². The Balaban J connectivity index is 1.76. The van der Waals surface area contributed by atoms with E-state index >= 15 is 0 Å². The fraction of sp³-hybridized carbons (Fsp3) is 0.267. The van der Waals surface area contributed by atoms with Crippen LogP contribution in [0, 0.1) is 0 Å². The van der Waals surface area contributed by atoms with Crippen LogP contribution in [0.3, 0.4) is 0 Å². The number of hydrazine groups is 1. The first-order chi connectivity index (χ1) is 9.28. The normalized spacial score (nSPS) is 18.5. The number of fused-ring (bicyclic) bond motifs is 1. The number of pyridine rings is 1. The van der Waals surface area contributed by atoms with Gasteiger partial charge in [-0.15, -0.1) is 0 Å². The lowest BCUT2D eigenvalue weighted by atomic mass is 9.74. The summed E-state index contributed by atoms with van der Waals surface area (Å²) < 4.78 is 0. The Morgan fingerprint density at radius 2 is 2.21 bits per heavy atom. The summed E-state index contributed by atoms with van der Waals surface area (Å²) in [5, 5.41) is 0.506. The molecule has 3 nitrogen and oxygen atoms in total. The smallest absolute Gasteiger partial charge is 0.129 e. The Labute approximate surface area is 117 Å². The van der Waals surface area contributed by atoms with Crippen LogP contribution in [-0.4, -0.2) is 4.98 Å². The maximum atomic E-state index is 5.93. The summed E-state index contributed by atoms with van der Waals surface area (Å²) in [6, 6.07) is 12.5. The third-order valence-electron chi connectivity index (χ3n) is 3.84. The van der Waals surface area contributed by atoms with E-state index in [-0.39, 0.29) is 6.04 Å². The Kier molecular flexibility index (Phi) is 3.51. The molecular formula is C15H16ClN3. The molecule has 1 aromatic heterocycles. The van der Waals surface area contributed by atoms with Gasteiger partial charge in [0.25, 0.3) is 0 Å². The molecular weight excluding hydrogens is 258 g/mol. The molecule has 1 aromatic carbocycles. The highest BCUT2D eigenvalue weighted by atomic mass is 35.5. The van der Waals surface area contributed by atoms with Crippen molar-refractivity contribution in [3.8, 4) is 0 Å². The van der Waals surface area contributed by atoms with Gasteiger partial charge in [0.1, 0.15) is 5.15 Å². The highest BCUT2D eigenvalue weighted by molar-refractivity contribution is 6.29. The van der Waals surface area contributed by atoms with Gasteiger partial charge in [0.05, 0.1) is 0 Å². The van der Waals surface area contributed by atoms with Crippen LogP contribution in [0.5, 0.6) is 0 Å². The number of hydrogen-bond donors (Lipinski definition) is 2. The lowest BCUT2D eigenvalue weighted by Crippen LogP contribution is -2.31. The minimum Gasteiger partial charge on any atom is -0.271 e. The minimum absolute atomic E-state index is 0.110. The van der Waals surface area contributed by atoms with Crippen molar-refractivity contribution in [2.75, 3.05) is 0 Å². The number of nitrogens with two attached hydrogens (primary N) is 1. The Morgan fingerprint density at radius 1 is 1.37 bits per heavy atom. The quantitative estimate of drug-likeness (QED) is 0.512. The second-order valence-electron chi connectivity index (χ2n) is 4.97. The van der Waals surface area contributed by atoms with Gasteiger partial charge < -0.3 is 0 Å². The van der Waals surface area contributed by atoms with Gasteiger partial charge in [0.2, 0.25) is 0 Å². The van der Waals surface area contributed by atoms with Gasteiger partial charge in [-0.2, -0.15) is 0 Å². The van der Waals surface area contributed by atoms with Crippen LogP contribution in [0.4, 0.5) is 0 Å². The fourth-order valence-electron chi connectivity index (χ4n) is 2.79. The van der Waals surface area contributed by atoms with E-state index in [2.05, 4.69) is 34.7 Å². The van der Waals surface area contributed by atoms with Crippen LogP contribution in [-0.2, 0) is 6.42 Å². The van der Waals surface area contributed by atoms with Gasteiger partial charge in [-0.1, -0.05) is 35.9 Å². The van der Waals surface area contributed by atoms with Crippen molar-refractivity contribution in [1.29, 1.82) is 0 Å². The van der Waals surface area contributed by atoms with Crippen molar-refractivity contribution in [1.82, 2.24) is 10.4 Å². The van der Waals surface area contributed by atoms with E-state index in [9.17, 15) is 0 Å². The number of hydrogen-bond acceptors (Lipinski definition) is 3. The highest BCUT2D eigenvalue weighted by Crippen LogP contribution is 2.40. The lowest BCUT2D eigenvalue weighted by Gasteiger charge is -2.33. The summed E-state index contributed by atoms with van der Waals surface area (Å²) in [6.07, 6.45) is 3.83. The molecule has 1 heterocycles. The Hall–Kier alpha value is -1.42. The van der Waals surface area contributed by atoms with Gasteiger partial charge in [-0.3, -0.25) is 11.3 Å². The first kappa shape index (κ1) is 12.6. The van der Waals surface area contributed by atoms with E-state index < -0.39 is 0 Å². The van der Waals surface area contributed by atoms with Gasteiger partial charge in [-0.25, -0.2) is 4.98 Å². The van der Waals surface area contributed by atoms with Crippen LogP contribution in [0.15, 0.2) is 42.6 Å². The number of aromatic nitrogens is 1. The largest absolute Gasteiger partial charge is 0.271 e. The molecule has 0 bridgehead atoms. The van der Waals surface area contributed by atoms with Crippen LogP contribution >= 0.6 is 11.6 Å². The molecule has 2 atom stereocenters. The molecule has 0 saturated carbocycles. The minimum atomic E-state index is 0.110. The van der Waals surface area contributed by atoms with Crippen molar-refractivity contribution in [2.24, 2.45) is 5.84 Å². The highest BCUT2D eigenvalue weighted by Gasteiger charge is 2.28. The number of halogens is 1. The topological polar surface area (TPSA) is 50.9 Å². The maximum Gasteiger partial charge on any atom is 0.129 e. The third kappa shape index (κ3) is 2.50. The second kappa shape index (κ2) is 5.29. The average molecular weight is 274 g/mol. The molecule has 1 aliphatic rings. The van der Waals surface area contributed by atoms with Gasteiger partial charge in [-0.05, 0) is 47.6 Å². The molecule has 19 heavy (non-hydrogen) atoms. The van der Waals surface area contributed by atoms with Crippen molar-refractivity contribution >= 4 is 11.6 Å². The van der Waals surface area contributed by atoms with Crippen molar-refractivity contribution in [3.05, 3.63) is 64.4 Å². The molecule has 2 aromatic rings. The summed E-state index contributed by atoms with van der Waals surface area (Å²) in [5.74, 6) is 6.26. The lowest BCUT2D eigenvalue weighted by molar-refractivity contribution is 0.435. The van der Waals surface area contributed by atoms with E-state index in [0.717, 1.165) is 18.4 Å². The zero-order valence-electron chi connectivity index (χ0n) is 10.5. The summed E-state index contributed by atoms with van der Waals surface area (Å²) in [4.78, 5) is 4.00. The van der Waals surface area contributed by atoms with Crippen molar-refractivity contribution in [2.45, 2.75) is 24.8 Å². The third-order valence-corrected chi connectivity index (χ3v) is 4.04. The summed E-state index contributed by atoms with van der Waals surface area (Å²) in [6.45, 7) is 0. The van der Waals surface area contributed by atoms with Gasteiger partial charge in [0.15, 0.2) is 0 Å². The predicted molar refractivity (Wildman–Crippen MR) is 76.8 cm³/mol. The molecule has 0 fully saturated rings. The molecule has 98 valence electrons. The van der Waals surface area contributed by atoms with Crippen molar-refractivity contribution < 1.29 is 0 Å². The number of rotatable bonds is 4. The maximum absolute atomic E-state index is 5.93. The number of nitrogens with one attached hydrogen (secondary N) is 1. The number of nitrogens with zero attached hydrogens (tertiary/aromatic N) is 1. The molecule has 3 rings (SSSR count). The Morgan fingerprint density at radius 3 is 2.95 bits per heavy atom. The van der Waals surface area contributed by atoms with E-state index in [1.54, 1.807) is 6.20 Å². The molecule has 0 amide bonds. The zero-order chi connectivity index (χ0) is 13.2. The predicted octanol–water partition coefficient (Wildman–Crippen LogP) is 2.97. The molecule has 0 radical (unpaired) electrons.